The fourth-order valence-electron chi connectivity index (χ4n) is 2.38. The van der Waals surface area contributed by atoms with Crippen molar-refractivity contribution in [2.45, 2.75) is 31.9 Å². The van der Waals surface area contributed by atoms with E-state index in [2.05, 4.69) is 15.4 Å². The summed E-state index contributed by atoms with van der Waals surface area (Å²) in [7, 11) is 1.29. The number of amides is 2. The second kappa shape index (κ2) is 7.75. The predicted molar refractivity (Wildman–Crippen MR) is 77.7 cm³/mol. The van der Waals surface area contributed by atoms with E-state index in [-0.39, 0.29) is 23.0 Å². The summed E-state index contributed by atoms with van der Waals surface area (Å²) < 4.78 is 34.5. The van der Waals surface area contributed by atoms with Gasteiger partial charge in [-0.15, -0.1) is 0 Å². The molecule has 1 atom stereocenters. The average Bonchev–Trinajstić information content (AvgIpc) is 2.72. The fourth-order valence-corrected chi connectivity index (χ4v) is 2.38. The number of alkyl halides is 2. The molecule has 126 valence electrons. The van der Waals surface area contributed by atoms with Crippen molar-refractivity contribution in [3.8, 4) is 11.5 Å². The van der Waals surface area contributed by atoms with Gasteiger partial charge in [0.25, 0.3) is 5.91 Å². The van der Waals surface area contributed by atoms with E-state index in [9.17, 15) is 18.4 Å². The molecule has 0 spiro atoms. The molecule has 1 aromatic carbocycles. The predicted octanol–water partition coefficient (Wildman–Crippen LogP) is 1.70. The maximum Gasteiger partial charge on any atom is 0.387 e. The Morgan fingerprint density at radius 3 is 2.87 bits per heavy atom. The van der Waals surface area contributed by atoms with Gasteiger partial charge in [0.2, 0.25) is 5.91 Å². The van der Waals surface area contributed by atoms with Crippen LogP contribution in [0, 0.1) is 0 Å². The van der Waals surface area contributed by atoms with Gasteiger partial charge in [-0.05, 0) is 31.4 Å². The van der Waals surface area contributed by atoms with Gasteiger partial charge < -0.3 is 20.1 Å². The highest BCUT2D eigenvalue weighted by Gasteiger charge is 2.26. The Labute approximate surface area is 132 Å². The van der Waals surface area contributed by atoms with Crippen LogP contribution in [-0.2, 0) is 4.79 Å². The van der Waals surface area contributed by atoms with Crippen LogP contribution < -0.4 is 20.1 Å². The molecule has 0 saturated carbocycles. The minimum absolute atomic E-state index is 0.0169. The lowest BCUT2D eigenvalue weighted by Crippen LogP contribution is -2.45. The normalized spacial score (nSPS) is 18.1. The number of carbonyl (C=O) groups excluding carboxylic acids is 2. The summed E-state index contributed by atoms with van der Waals surface area (Å²) >= 11 is 0. The van der Waals surface area contributed by atoms with Gasteiger partial charge in [-0.3, -0.25) is 9.59 Å². The zero-order valence-corrected chi connectivity index (χ0v) is 12.6. The Hall–Kier alpha value is -2.38. The van der Waals surface area contributed by atoms with E-state index in [1.807, 2.05) is 0 Å². The van der Waals surface area contributed by atoms with E-state index in [1.54, 1.807) is 0 Å². The molecule has 23 heavy (non-hydrogen) atoms. The highest BCUT2D eigenvalue weighted by molar-refractivity contribution is 6.00. The number of hydrogen-bond donors (Lipinski definition) is 2. The molecule has 8 heteroatoms. The third kappa shape index (κ3) is 4.30. The van der Waals surface area contributed by atoms with Crippen LogP contribution in [0.5, 0.6) is 11.5 Å². The first-order valence-corrected chi connectivity index (χ1v) is 7.23. The molecule has 1 fully saturated rings. The van der Waals surface area contributed by atoms with E-state index in [0.717, 1.165) is 12.8 Å². The fraction of sp³-hybridized carbons (Fsp3) is 0.467. The average molecular weight is 328 g/mol. The van der Waals surface area contributed by atoms with Crippen LogP contribution in [0.25, 0.3) is 0 Å². The molecule has 1 heterocycles. The second-order valence-corrected chi connectivity index (χ2v) is 5.03. The van der Waals surface area contributed by atoms with Gasteiger partial charge in [-0.1, -0.05) is 6.07 Å². The quantitative estimate of drug-likeness (QED) is 0.862. The SMILES string of the molecule is COc1cccc(C(=O)NC2CCCCNC2=O)c1OC(F)F. The van der Waals surface area contributed by atoms with Crippen molar-refractivity contribution in [1.29, 1.82) is 0 Å². The second-order valence-electron chi connectivity index (χ2n) is 5.03. The van der Waals surface area contributed by atoms with Crippen molar-refractivity contribution in [3.63, 3.8) is 0 Å². The molecule has 1 aliphatic rings. The van der Waals surface area contributed by atoms with Gasteiger partial charge in [-0.2, -0.15) is 8.78 Å². The number of benzene rings is 1. The monoisotopic (exact) mass is 328 g/mol. The molecule has 2 N–H and O–H groups in total. The molecule has 1 aromatic rings. The van der Waals surface area contributed by atoms with Crippen molar-refractivity contribution in [2.75, 3.05) is 13.7 Å². The molecule has 6 nitrogen and oxygen atoms in total. The van der Waals surface area contributed by atoms with E-state index in [1.165, 1.54) is 25.3 Å². The van der Waals surface area contributed by atoms with Crippen LogP contribution in [0.2, 0.25) is 0 Å². The first-order valence-electron chi connectivity index (χ1n) is 7.23. The molecular formula is C15H18F2N2O4. The lowest BCUT2D eigenvalue weighted by molar-refractivity contribution is -0.122. The molecule has 0 aliphatic carbocycles. The number of carbonyl (C=O) groups is 2. The van der Waals surface area contributed by atoms with Crippen LogP contribution in [0.3, 0.4) is 0 Å². The molecule has 1 saturated heterocycles. The topological polar surface area (TPSA) is 76.7 Å². The Morgan fingerprint density at radius 2 is 2.17 bits per heavy atom. The van der Waals surface area contributed by atoms with Crippen LogP contribution in [-0.4, -0.2) is 38.1 Å². The van der Waals surface area contributed by atoms with E-state index >= 15 is 0 Å². The lowest BCUT2D eigenvalue weighted by Gasteiger charge is -2.18. The van der Waals surface area contributed by atoms with Crippen LogP contribution in [0.4, 0.5) is 8.78 Å². The number of rotatable bonds is 5. The standard InChI is InChI=1S/C15H18F2N2O4/c1-22-11-7-4-5-9(12(11)23-15(16)17)13(20)19-10-6-2-3-8-18-14(10)21/h4-5,7,10,15H,2-3,6,8H2,1H3,(H,18,21)(H,19,20). The van der Waals surface area contributed by atoms with Gasteiger partial charge in [0, 0.05) is 6.54 Å². The Bertz CT molecular complexity index is 581. The molecule has 2 amide bonds. The summed E-state index contributed by atoms with van der Waals surface area (Å²) in [5.74, 6) is -1.28. The molecular weight excluding hydrogens is 310 g/mol. The number of hydrogen-bond acceptors (Lipinski definition) is 4. The number of halogens is 2. The van der Waals surface area contributed by atoms with Gasteiger partial charge in [0.05, 0.1) is 12.7 Å². The summed E-state index contributed by atoms with van der Waals surface area (Å²) in [5, 5.41) is 5.25. The summed E-state index contributed by atoms with van der Waals surface area (Å²) in [6, 6.07) is 3.53. The van der Waals surface area contributed by atoms with Crippen molar-refractivity contribution < 1.29 is 27.8 Å². The lowest BCUT2D eigenvalue weighted by atomic mass is 10.1. The minimum atomic E-state index is -3.10. The summed E-state index contributed by atoms with van der Waals surface area (Å²) in [5.41, 5.74) is -0.110. The first-order chi connectivity index (χ1) is 11.0. The van der Waals surface area contributed by atoms with E-state index < -0.39 is 18.6 Å². The molecule has 0 aromatic heterocycles. The molecule has 1 aliphatic heterocycles. The number of methoxy groups -OCH3 is 1. The highest BCUT2D eigenvalue weighted by atomic mass is 19.3. The third-order valence-corrected chi connectivity index (χ3v) is 3.49. The van der Waals surface area contributed by atoms with Crippen molar-refractivity contribution >= 4 is 11.8 Å². The molecule has 1 unspecified atom stereocenters. The van der Waals surface area contributed by atoms with Crippen LogP contribution in [0.15, 0.2) is 18.2 Å². The summed E-state index contributed by atoms with van der Waals surface area (Å²) in [4.78, 5) is 24.2. The largest absolute Gasteiger partial charge is 0.493 e. The van der Waals surface area contributed by atoms with Gasteiger partial charge >= 0.3 is 6.61 Å². The zero-order chi connectivity index (χ0) is 16.8. The van der Waals surface area contributed by atoms with Gasteiger partial charge in [0.15, 0.2) is 11.5 Å². The van der Waals surface area contributed by atoms with Gasteiger partial charge in [-0.25, -0.2) is 0 Å². The molecule has 0 bridgehead atoms. The van der Waals surface area contributed by atoms with Gasteiger partial charge in [0.1, 0.15) is 6.04 Å². The Balaban J connectivity index is 2.22. The first kappa shape index (κ1) is 17.0. The molecule has 2 rings (SSSR count). The smallest absolute Gasteiger partial charge is 0.387 e. The van der Waals surface area contributed by atoms with E-state index in [4.69, 9.17) is 4.74 Å². The highest BCUT2D eigenvalue weighted by Crippen LogP contribution is 2.32. The van der Waals surface area contributed by atoms with E-state index in [0.29, 0.717) is 13.0 Å². The van der Waals surface area contributed by atoms with Crippen LogP contribution >= 0.6 is 0 Å². The maximum absolute atomic E-state index is 12.6. The van der Waals surface area contributed by atoms with Crippen molar-refractivity contribution in [1.82, 2.24) is 10.6 Å². The van der Waals surface area contributed by atoms with Crippen LogP contribution in [0.1, 0.15) is 29.6 Å². The number of ether oxygens (including phenoxy) is 2. The Morgan fingerprint density at radius 1 is 1.39 bits per heavy atom. The zero-order valence-electron chi connectivity index (χ0n) is 12.6. The summed E-state index contributed by atoms with van der Waals surface area (Å²) in [6.45, 7) is -2.54. The van der Waals surface area contributed by atoms with Crippen molar-refractivity contribution in [2.24, 2.45) is 0 Å². The third-order valence-electron chi connectivity index (χ3n) is 3.49. The van der Waals surface area contributed by atoms with Crippen molar-refractivity contribution in [3.05, 3.63) is 23.8 Å². The summed E-state index contributed by atoms with van der Waals surface area (Å²) in [6.07, 6.45) is 2.10. The Kier molecular flexibility index (Phi) is 5.72. The maximum atomic E-state index is 12.6. The molecule has 0 radical (unpaired) electrons. The minimum Gasteiger partial charge on any atom is -0.493 e. The number of para-hydroxylation sites is 1. The number of nitrogens with one attached hydrogen (secondary N) is 2.